The van der Waals surface area contributed by atoms with Crippen molar-refractivity contribution in [2.75, 3.05) is 0 Å². The molecule has 1 aliphatic heterocycles. The monoisotopic (exact) mass is 247 g/mol. The number of nitrogens with zero attached hydrogens (tertiary/aromatic N) is 1. The van der Waals surface area contributed by atoms with Crippen LogP contribution in [0, 0.1) is 0 Å². The fraction of sp³-hybridized carbons (Fsp3) is 0.429. The highest BCUT2D eigenvalue weighted by Gasteiger charge is 2.50. The lowest BCUT2D eigenvalue weighted by atomic mass is 9.91. The number of hydrogen-bond donors (Lipinski definition) is 0. The molecule has 0 aliphatic carbocycles. The number of benzene rings is 1. The maximum absolute atomic E-state index is 11.9. The molecular formula is C14H17NO3. The maximum atomic E-state index is 11.9. The molecule has 1 heterocycles. The predicted octanol–water partition coefficient (Wildman–Crippen LogP) is 2.90. The van der Waals surface area contributed by atoms with Crippen LogP contribution in [-0.4, -0.2) is 22.5 Å². The minimum atomic E-state index is -0.705. The van der Waals surface area contributed by atoms with Crippen molar-refractivity contribution in [2.24, 2.45) is 0 Å². The van der Waals surface area contributed by atoms with Crippen LogP contribution < -0.4 is 0 Å². The molecule has 1 saturated heterocycles. The minimum absolute atomic E-state index is 0.209. The molecule has 1 aliphatic rings. The van der Waals surface area contributed by atoms with E-state index in [0.717, 1.165) is 5.56 Å². The van der Waals surface area contributed by atoms with E-state index in [4.69, 9.17) is 4.74 Å². The quantitative estimate of drug-likeness (QED) is 0.807. The number of rotatable bonds is 2. The molecule has 1 atom stereocenters. The molecule has 0 N–H and O–H groups in total. The van der Waals surface area contributed by atoms with Gasteiger partial charge in [0.2, 0.25) is 5.91 Å². The van der Waals surface area contributed by atoms with Crippen LogP contribution in [0.2, 0.25) is 0 Å². The van der Waals surface area contributed by atoms with Crippen molar-refractivity contribution in [3.63, 3.8) is 0 Å². The smallest absolute Gasteiger partial charge is 0.417 e. The molecule has 2 rings (SSSR count). The second kappa shape index (κ2) is 4.44. The molecule has 4 heteroatoms. The van der Waals surface area contributed by atoms with Crippen LogP contribution in [-0.2, 0) is 9.53 Å². The topological polar surface area (TPSA) is 46.6 Å². The first-order valence-corrected chi connectivity index (χ1v) is 6.07. The molecule has 0 saturated carbocycles. The zero-order valence-electron chi connectivity index (χ0n) is 10.8. The van der Waals surface area contributed by atoms with Gasteiger partial charge in [-0.05, 0) is 19.4 Å². The number of imide groups is 1. The molecule has 1 aromatic rings. The summed E-state index contributed by atoms with van der Waals surface area (Å²) in [5, 5.41) is 0. The van der Waals surface area contributed by atoms with Gasteiger partial charge in [-0.25, -0.2) is 9.69 Å². The number of hydrogen-bond acceptors (Lipinski definition) is 3. The van der Waals surface area contributed by atoms with Crippen LogP contribution in [0.3, 0.4) is 0 Å². The van der Waals surface area contributed by atoms with Gasteiger partial charge in [-0.2, -0.15) is 0 Å². The van der Waals surface area contributed by atoms with Crippen LogP contribution in [0.15, 0.2) is 30.3 Å². The van der Waals surface area contributed by atoms with E-state index in [1.54, 1.807) is 6.92 Å². The Hall–Kier alpha value is -1.84. The summed E-state index contributed by atoms with van der Waals surface area (Å²) in [6.45, 7) is 5.39. The lowest BCUT2D eigenvalue weighted by Crippen LogP contribution is -2.37. The molecule has 0 aromatic heterocycles. The van der Waals surface area contributed by atoms with Crippen molar-refractivity contribution in [2.45, 2.75) is 38.8 Å². The summed E-state index contributed by atoms with van der Waals surface area (Å²) >= 11 is 0. The zero-order chi connectivity index (χ0) is 13.3. The highest BCUT2D eigenvalue weighted by Crippen LogP contribution is 2.41. The Morgan fingerprint density at radius 3 is 2.50 bits per heavy atom. The molecule has 96 valence electrons. The van der Waals surface area contributed by atoms with Gasteiger partial charge in [0.15, 0.2) is 0 Å². The molecule has 1 aromatic carbocycles. The van der Waals surface area contributed by atoms with Gasteiger partial charge in [-0.1, -0.05) is 37.3 Å². The number of carbonyl (C=O) groups excluding carboxylic acids is 2. The van der Waals surface area contributed by atoms with Gasteiger partial charge in [-0.3, -0.25) is 4.79 Å². The average molecular weight is 247 g/mol. The molecule has 4 nitrogen and oxygen atoms in total. The van der Waals surface area contributed by atoms with E-state index in [1.165, 1.54) is 4.90 Å². The average Bonchev–Trinajstić information content (AvgIpc) is 2.58. The Morgan fingerprint density at radius 2 is 1.94 bits per heavy atom. The van der Waals surface area contributed by atoms with Gasteiger partial charge in [0, 0.05) is 6.42 Å². The Morgan fingerprint density at radius 1 is 1.33 bits per heavy atom. The molecule has 1 fully saturated rings. The van der Waals surface area contributed by atoms with Crippen molar-refractivity contribution in [3.05, 3.63) is 35.9 Å². The number of ether oxygens (including phenoxy) is 1. The summed E-state index contributed by atoms with van der Waals surface area (Å²) in [6.07, 6.45) is -0.269. The summed E-state index contributed by atoms with van der Waals surface area (Å²) in [5.41, 5.74) is 0.207. The number of cyclic esters (lactones) is 1. The van der Waals surface area contributed by atoms with Crippen LogP contribution in [0.1, 0.15) is 38.8 Å². The molecular weight excluding hydrogens is 230 g/mol. The number of amides is 2. The SMILES string of the molecule is CCC(=O)N1C(=O)OC(C)(C)[C@H]1c1ccccc1. The van der Waals surface area contributed by atoms with E-state index in [0.29, 0.717) is 0 Å². The lowest BCUT2D eigenvalue weighted by Gasteiger charge is -2.28. The Labute approximate surface area is 107 Å². The lowest BCUT2D eigenvalue weighted by molar-refractivity contribution is -0.129. The third kappa shape index (κ3) is 1.98. The van der Waals surface area contributed by atoms with E-state index >= 15 is 0 Å². The summed E-state index contributed by atoms with van der Waals surface area (Å²) in [5.74, 6) is -0.209. The molecule has 0 unspecified atom stereocenters. The van der Waals surface area contributed by atoms with Crippen molar-refractivity contribution in [3.8, 4) is 0 Å². The first kappa shape index (κ1) is 12.6. The van der Waals surface area contributed by atoms with E-state index in [-0.39, 0.29) is 18.4 Å². The van der Waals surface area contributed by atoms with Crippen molar-refractivity contribution in [1.82, 2.24) is 4.90 Å². The summed E-state index contributed by atoms with van der Waals surface area (Å²) < 4.78 is 5.32. The van der Waals surface area contributed by atoms with E-state index in [2.05, 4.69) is 0 Å². The molecule has 2 amide bonds. The highest BCUT2D eigenvalue weighted by atomic mass is 16.6. The van der Waals surface area contributed by atoms with Crippen LogP contribution in [0.4, 0.5) is 4.79 Å². The summed E-state index contributed by atoms with van der Waals surface area (Å²) in [7, 11) is 0. The standard InChI is InChI=1S/C14H17NO3/c1-4-11(16)15-12(10-8-6-5-7-9-10)14(2,3)18-13(15)17/h5-9,12H,4H2,1-3H3/t12-/m1/s1. The first-order valence-electron chi connectivity index (χ1n) is 6.07. The van der Waals surface area contributed by atoms with Crippen LogP contribution >= 0.6 is 0 Å². The largest absolute Gasteiger partial charge is 0.440 e. The molecule has 0 spiro atoms. The van der Waals surface area contributed by atoms with Crippen LogP contribution in [0.25, 0.3) is 0 Å². The summed E-state index contributed by atoms with van der Waals surface area (Å²) in [4.78, 5) is 25.0. The third-order valence-electron chi connectivity index (χ3n) is 3.15. The predicted molar refractivity (Wildman–Crippen MR) is 66.9 cm³/mol. The first-order chi connectivity index (χ1) is 8.47. The second-order valence-electron chi connectivity index (χ2n) is 4.90. The van der Waals surface area contributed by atoms with Gasteiger partial charge in [-0.15, -0.1) is 0 Å². The summed E-state index contributed by atoms with van der Waals surface area (Å²) in [6, 6.07) is 9.14. The van der Waals surface area contributed by atoms with Gasteiger partial charge < -0.3 is 4.74 Å². The molecule has 18 heavy (non-hydrogen) atoms. The van der Waals surface area contributed by atoms with Gasteiger partial charge in [0.25, 0.3) is 0 Å². The van der Waals surface area contributed by atoms with Crippen molar-refractivity contribution >= 4 is 12.0 Å². The number of carbonyl (C=O) groups is 2. The van der Waals surface area contributed by atoms with Gasteiger partial charge in [0.05, 0.1) is 0 Å². The second-order valence-corrected chi connectivity index (χ2v) is 4.90. The van der Waals surface area contributed by atoms with E-state index in [9.17, 15) is 9.59 Å². The fourth-order valence-electron chi connectivity index (χ4n) is 2.35. The van der Waals surface area contributed by atoms with Crippen molar-refractivity contribution < 1.29 is 14.3 Å². The van der Waals surface area contributed by atoms with Gasteiger partial charge >= 0.3 is 6.09 Å². The van der Waals surface area contributed by atoms with E-state index < -0.39 is 11.7 Å². The maximum Gasteiger partial charge on any atom is 0.417 e. The Balaban J connectivity index is 2.45. The van der Waals surface area contributed by atoms with Crippen LogP contribution in [0.5, 0.6) is 0 Å². The molecule has 0 radical (unpaired) electrons. The Kier molecular flexibility index (Phi) is 3.11. The Bertz CT molecular complexity index is 467. The fourth-order valence-corrected chi connectivity index (χ4v) is 2.35. The normalized spacial score (nSPS) is 21.8. The van der Waals surface area contributed by atoms with E-state index in [1.807, 2.05) is 44.2 Å². The molecule has 0 bridgehead atoms. The minimum Gasteiger partial charge on any atom is -0.440 e. The van der Waals surface area contributed by atoms with Crippen molar-refractivity contribution in [1.29, 1.82) is 0 Å². The zero-order valence-corrected chi connectivity index (χ0v) is 10.8. The van der Waals surface area contributed by atoms with Gasteiger partial charge in [0.1, 0.15) is 11.6 Å². The highest BCUT2D eigenvalue weighted by molar-refractivity contribution is 5.94. The third-order valence-corrected chi connectivity index (χ3v) is 3.15.